The molecule has 1 aromatic carbocycles. The molecule has 0 aliphatic carbocycles. The van der Waals surface area contributed by atoms with Crippen molar-refractivity contribution >= 4 is 29.1 Å². The van der Waals surface area contributed by atoms with Gasteiger partial charge in [0.05, 0.1) is 0 Å². The van der Waals surface area contributed by atoms with Gasteiger partial charge in [0.25, 0.3) is 5.91 Å². The molecular weight excluding hydrogens is 339 g/mol. The van der Waals surface area contributed by atoms with Gasteiger partial charge < -0.3 is 10.2 Å². The number of piperidine rings is 1. The number of carbonyl (C=O) groups excluding carboxylic acids is 3. The normalized spacial score (nSPS) is 17.7. The lowest BCUT2D eigenvalue weighted by atomic mass is 10.1. The Morgan fingerprint density at radius 3 is 2.46 bits per heavy atom. The molecule has 2 heterocycles. The first kappa shape index (κ1) is 18.0. The highest BCUT2D eigenvalue weighted by Crippen LogP contribution is 2.14. The van der Waals surface area contributed by atoms with Gasteiger partial charge in [0, 0.05) is 31.6 Å². The zero-order valence-electron chi connectivity index (χ0n) is 14.4. The second-order valence-electron chi connectivity index (χ2n) is 6.40. The van der Waals surface area contributed by atoms with Crippen molar-refractivity contribution in [3.05, 3.63) is 30.1 Å². The van der Waals surface area contributed by atoms with Crippen LogP contribution in [-0.4, -0.2) is 53.0 Å². The Bertz CT molecular complexity index is 726. The van der Waals surface area contributed by atoms with E-state index in [2.05, 4.69) is 10.4 Å². The molecule has 1 N–H and O–H groups in total. The van der Waals surface area contributed by atoms with Crippen LogP contribution in [0.25, 0.3) is 0 Å². The molecule has 2 aliphatic heterocycles. The molecule has 138 valence electrons. The highest BCUT2D eigenvalue weighted by Gasteiger charge is 2.28. The fraction of sp³-hybridized carbons (Fsp3) is 0.444. The molecule has 26 heavy (non-hydrogen) atoms. The number of nitrogens with one attached hydrogen (secondary N) is 1. The van der Waals surface area contributed by atoms with Crippen molar-refractivity contribution in [3.63, 3.8) is 0 Å². The number of likely N-dealkylation sites (tertiary alicyclic amines) is 1. The summed E-state index contributed by atoms with van der Waals surface area (Å²) in [6.45, 7) is 1.25. The fourth-order valence-electron chi connectivity index (χ4n) is 3.00. The largest absolute Gasteiger partial charge is 0.341 e. The Labute approximate surface area is 150 Å². The number of hydrazone groups is 1. The lowest BCUT2D eigenvalue weighted by molar-refractivity contribution is -0.141. The van der Waals surface area contributed by atoms with Gasteiger partial charge in [-0.05, 0) is 43.5 Å². The molecule has 0 bridgehead atoms. The van der Waals surface area contributed by atoms with E-state index in [9.17, 15) is 18.8 Å². The number of anilines is 1. The maximum atomic E-state index is 12.9. The number of rotatable bonds is 4. The minimum absolute atomic E-state index is 0.128. The lowest BCUT2D eigenvalue weighted by Gasteiger charge is -2.29. The van der Waals surface area contributed by atoms with Crippen molar-refractivity contribution in [1.82, 2.24) is 9.91 Å². The summed E-state index contributed by atoms with van der Waals surface area (Å²) >= 11 is 0. The first-order valence-electron chi connectivity index (χ1n) is 8.75. The summed E-state index contributed by atoms with van der Waals surface area (Å²) < 4.78 is 12.9. The number of hydrogen-bond donors (Lipinski definition) is 1. The van der Waals surface area contributed by atoms with Crippen molar-refractivity contribution in [3.8, 4) is 0 Å². The number of benzene rings is 1. The molecule has 3 rings (SSSR count). The van der Waals surface area contributed by atoms with Gasteiger partial charge in [-0.2, -0.15) is 5.10 Å². The summed E-state index contributed by atoms with van der Waals surface area (Å²) in [5.41, 5.74) is 0.618. The van der Waals surface area contributed by atoms with Crippen LogP contribution < -0.4 is 5.32 Å². The van der Waals surface area contributed by atoms with Crippen LogP contribution >= 0.6 is 0 Å². The quantitative estimate of drug-likeness (QED) is 0.888. The molecule has 8 heteroatoms. The topological polar surface area (TPSA) is 82.1 Å². The van der Waals surface area contributed by atoms with Crippen LogP contribution in [0.5, 0.6) is 0 Å². The summed E-state index contributed by atoms with van der Waals surface area (Å²) in [5.74, 6) is -1.28. The number of nitrogens with zero attached hydrogens (tertiary/aromatic N) is 3. The summed E-state index contributed by atoms with van der Waals surface area (Å²) in [6.07, 6.45) is 3.38. The lowest BCUT2D eigenvalue weighted by Crippen LogP contribution is -2.45. The van der Waals surface area contributed by atoms with Crippen molar-refractivity contribution in [2.24, 2.45) is 5.10 Å². The monoisotopic (exact) mass is 360 g/mol. The van der Waals surface area contributed by atoms with E-state index in [1.807, 2.05) is 0 Å². The third kappa shape index (κ3) is 4.44. The van der Waals surface area contributed by atoms with Crippen molar-refractivity contribution < 1.29 is 18.8 Å². The fourth-order valence-corrected chi connectivity index (χ4v) is 3.00. The second kappa shape index (κ2) is 8.07. The van der Waals surface area contributed by atoms with E-state index in [4.69, 9.17) is 0 Å². The van der Waals surface area contributed by atoms with E-state index in [0.29, 0.717) is 18.8 Å². The van der Waals surface area contributed by atoms with Gasteiger partial charge in [-0.1, -0.05) is 0 Å². The second-order valence-corrected chi connectivity index (χ2v) is 6.40. The molecule has 1 saturated heterocycles. The summed E-state index contributed by atoms with van der Waals surface area (Å²) in [7, 11) is 0. The molecule has 2 aliphatic rings. The summed E-state index contributed by atoms with van der Waals surface area (Å²) in [4.78, 5) is 38.4. The standard InChI is InChI=1S/C18H21FN4O3/c19-13-4-6-14(7-5-13)20-18(26)15-8-9-16(24)23(21-15)12-17(25)22-10-2-1-3-11-22/h4-7H,1-3,8-12H2,(H,20,26). The Kier molecular flexibility index (Phi) is 5.60. The van der Waals surface area contributed by atoms with E-state index < -0.39 is 11.7 Å². The van der Waals surface area contributed by atoms with E-state index in [1.54, 1.807) is 4.90 Å². The molecule has 1 fully saturated rings. The smallest absolute Gasteiger partial charge is 0.271 e. The molecule has 0 atom stereocenters. The van der Waals surface area contributed by atoms with E-state index in [1.165, 1.54) is 24.3 Å². The predicted octanol–water partition coefficient (Wildman–Crippen LogP) is 1.76. The van der Waals surface area contributed by atoms with Crippen LogP contribution in [0.3, 0.4) is 0 Å². The maximum Gasteiger partial charge on any atom is 0.271 e. The zero-order chi connectivity index (χ0) is 18.5. The van der Waals surface area contributed by atoms with Crippen LogP contribution in [0.4, 0.5) is 10.1 Å². The molecule has 3 amide bonds. The molecule has 1 aromatic rings. The first-order chi connectivity index (χ1) is 12.5. The van der Waals surface area contributed by atoms with Gasteiger partial charge in [0.15, 0.2) is 0 Å². The minimum atomic E-state index is -0.459. The molecule has 0 spiro atoms. The molecule has 0 saturated carbocycles. The average molecular weight is 360 g/mol. The summed E-state index contributed by atoms with van der Waals surface area (Å²) in [6, 6.07) is 5.37. The van der Waals surface area contributed by atoms with Crippen LogP contribution in [-0.2, 0) is 14.4 Å². The van der Waals surface area contributed by atoms with Crippen LogP contribution in [0.15, 0.2) is 29.4 Å². The van der Waals surface area contributed by atoms with Gasteiger partial charge in [-0.3, -0.25) is 14.4 Å². The van der Waals surface area contributed by atoms with E-state index in [0.717, 1.165) is 24.3 Å². The summed E-state index contributed by atoms with van der Waals surface area (Å²) in [5, 5.41) is 7.78. The highest BCUT2D eigenvalue weighted by molar-refractivity contribution is 6.43. The molecule has 0 aromatic heterocycles. The zero-order valence-corrected chi connectivity index (χ0v) is 14.4. The number of amides is 3. The van der Waals surface area contributed by atoms with Crippen LogP contribution in [0.2, 0.25) is 0 Å². The van der Waals surface area contributed by atoms with E-state index >= 15 is 0 Å². The Morgan fingerprint density at radius 1 is 1.08 bits per heavy atom. The van der Waals surface area contributed by atoms with Gasteiger partial charge in [0.2, 0.25) is 11.8 Å². The highest BCUT2D eigenvalue weighted by atomic mass is 19.1. The van der Waals surface area contributed by atoms with Gasteiger partial charge >= 0.3 is 0 Å². The Balaban J connectivity index is 1.64. The van der Waals surface area contributed by atoms with E-state index in [-0.39, 0.29) is 36.9 Å². The SMILES string of the molecule is O=C(Nc1ccc(F)cc1)C1=NN(CC(=O)N2CCCCC2)C(=O)CC1. The van der Waals surface area contributed by atoms with Crippen molar-refractivity contribution in [2.75, 3.05) is 25.0 Å². The Hall–Kier alpha value is -2.77. The minimum Gasteiger partial charge on any atom is -0.341 e. The third-order valence-corrected chi connectivity index (χ3v) is 4.46. The van der Waals surface area contributed by atoms with Gasteiger partial charge in [-0.25, -0.2) is 9.40 Å². The van der Waals surface area contributed by atoms with Crippen LogP contribution in [0, 0.1) is 5.82 Å². The first-order valence-corrected chi connectivity index (χ1v) is 8.75. The van der Waals surface area contributed by atoms with Crippen LogP contribution in [0.1, 0.15) is 32.1 Å². The molecule has 0 radical (unpaired) electrons. The maximum absolute atomic E-state index is 12.9. The average Bonchev–Trinajstić information content (AvgIpc) is 2.66. The van der Waals surface area contributed by atoms with Crippen molar-refractivity contribution in [2.45, 2.75) is 32.1 Å². The molecule has 7 nitrogen and oxygen atoms in total. The van der Waals surface area contributed by atoms with Gasteiger partial charge in [0.1, 0.15) is 18.1 Å². The Morgan fingerprint density at radius 2 is 1.77 bits per heavy atom. The molecule has 0 unspecified atom stereocenters. The predicted molar refractivity (Wildman–Crippen MR) is 93.8 cm³/mol. The molecular formula is C18H21FN4O3. The van der Waals surface area contributed by atoms with Gasteiger partial charge in [-0.15, -0.1) is 0 Å². The number of halogens is 1. The number of hydrogen-bond acceptors (Lipinski definition) is 4. The van der Waals surface area contributed by atoms with Crippen molar-refractivity contribution in [1.29, 1.82) is 0 Å². The number of carbonyl (C=O) groups is 3. The third-order valence-electron chi connectivity index (χ3n) is 4.46.